The van der Waals surface area contributed by atoms with E-state index in [1.54, 1.807) is 21.9 Å². The Bertz CT molecular complexity index is 598. The highest BCUT2D eigenvalue weighted by atomic mass is 79.9. The van der Waals surface area contributed by atoms with Crippen LogP contribution >= 0.6 is 15.9 Å². The molecule has 1 heterocycles. The second-order valence-electron chi connectivity index (χ2n) is 5.52. The monoisotopic (exact) mass is 397 g/mol. The lowest BCUT2D eigenvalue weighted by Gasteiger charge is -2.34. The van der Waals surface area contributed by atoms with Crippen LogP contribution in [0.15, 0.2) is 28.7 Å². The van der Waals surface area contributed by atoms with E-state index in [0.29, 0.717) is 44.7 Å². The summed E-state index contributed by atoms with van der Waals surface area (Å²) in [6.07, 6.45) is 0.443. The molecule has 0 aromatic heterocycles. The van der Waals surface area contributed by atoms with Crippen LogP contribution in [0.4, 0.5) is 4.79 Å². The van der Waals surface area contributed by atoms with E-state index in [2.05, 4.69) is 21.2 Å². The Morgan fingerprint density at radius 1 is 1.04 bits per heavy atom. The maximum atomic E-state index is 12.4. The van der Waals surface area contributed by atoms with E-state index in [0.717, 1.165) is 4.47 Å². The van der Waals surface area contributed by atoms with Gasteiger partial charge in [0.25, 0.3) is 5.91 Å². The maximum absolute atomic E-state index is 12.4. The fraction of sp³-hybridized carbons (Fsp3) is 0.438. The molecule has 1 fully saturated rings. The third-order valence-electron chi connectivity index (χ3n) is 3.79. The smallest absolute Gasteiger partial charge is 0.317 e. The number of urea groups is 1. The van der Waals surface area contributed by atoms with Crippen LogP contribution in [0.5, 0.6) is 0 Å². The number of hydrogen-bond acceptors (Lipinski definition) is 3. The molecular weight excluding hydrogens is 378 g/mol. The molecule has 0 spiro atoms. The first kappa shape index (κ1) is 18.3. The van der Waals surface area contributed by atoms with Crippen LogP contribution in [0.25, 0.3) is 0 Å². The van der Waals surface area contributed by atoms with Crippen molar-refractivity contribution < 1.29 is 19.5 Å². The molecule has 2 rings (SSSR count). The van der Waals surface area contributed by atoms with Gasteiger partial charge in [-0.25, -0.2) is 4.79 Å². The molecule has 1 saturated heterocycles. The van der Waals surface area contributed by atoms with E-state index in [1.165, 1.54) is 0 Å². The lowest BCUT2D eigenvalue weighted by molar-refractivity contribution is -0.137. The average molecular weight is 398 g/mol. The number of halogens is 1. The molecule has 2 N–H and O–H groups in total. The molecule has 1 aliphatic heterocycles. The van der Waals surface area contributed by atoms with Crippen molar-refractivity contribution in [2.24, 2.45) is 0 Å². The molecule has 1 aromatic carbocycles. The van der Waals surface area contributed by atoms with E-state index in [1.807, 2.05) is 12.1 Å². The van der Waals surface area contributed by atoms with Gasteiger partial charge in [0.05, 0.1) is 0 Å². The van der Waals surface area contributed by atoms with Crippen LogP contribution < -0.4 is 5.32 Å². The van der Waals surface area contributed by atoms with Gasteiger partial charge >= 0.3 is 12.0 Å². The van der Waals surface area contributed by atoms with Crippen molar-refractivity contribution in [1.82, 2.24) is 15.1 Å². The second-order valence-corrected chi connectivity index (χ2v) is 6.43. The second kappa shape index (κ2) is 8.68. The van der Waals surface area contributed by atoms with Crippen molar-refractivity contribution in [3.63, 3.8) is 0 Å². The predicted octanol–water partition coefficient (Wildman–Crippen LogP) is 1.78. The SMILES string of the molecule is O=C(O)CCCNC(=O)N1CCN(C(=O)c2ccc(Br)cc2)CC1. The van der Waals surface area contributed by atoms with E-state index in [4.69, 9.17) is 5.11 Å². The Labute approximate surface area is 148 Å². The number of carboxylic acids is 1. The number of aliphatic carboxylic acids is 1. The van der Waals surface area contributed by atoms with Crippen molar-refractivity contribution in [3.05, 3.63) is 34.3 Å². The maximum Gasteiger partial charge on any atom is 0.317 e. The number of hydrogen-bond donors (Lipinski definition) is 2. The molecule has 0 radical (unpaired) electrons. The molecule has 7 nitrogen and oxygen atoms in total. The van der Waals surface area contributed by atoms with Crippen LogP contribution in [0.2, 0.25) is 0 Å². The third kappa shape index (κ3) is 5.23. The van der Waals surface area contributed by atoms with Crippen LogP contribution in [-0.2, 0) is 4.79 Å². The van der Waals surface area contributed by atoms with E-state index >= 15 is 0 Å². The van der Waals surface area contributed by atoms with Gasteiger partial charge in [0.15, 0.2) is 0 Å². The van der Waals surface area contributed by atoms with E-state index in [9.17, 15) is 14.4 Å². The Kier molecular flexibility index (Phi) is 6.60. The van der Waals surface area contributed by atoms with Crippen LogP contribution in [-0.4, -0.2) is 65.5 Å². The van der Waals surface area contributed by atoms with Crippen LogP contribution in [0, 0.1) is 0 Å². The number of carbonyl (C=O) groups excluding carboxylic acids is 2. The number of rotatable bonds is 5. The number of benzene rings is 1. The van der Waals surface area contributed by atoms with Gasteiger partial charge in [-0.1, -0.05) is 15.9 Å². The summed E-state index contributed by atoms with van der Waals surface area (Å²) in [4.78, 5) is 38.2. The Morgan fingerprint density at radius 2 is 1.62 bits per heavy atom. The Hall–Kier alpha value is -2.09. The van der Waals surface area contributed by atoms with Crippen molar-refractivity contribution in [3.8, 4) is 0 Å². The molecule has 0 bridgehead atoms. The van der Waals surface area contributed by atoms with Gasteiger partial charge in [0, 0.05) is 49.2 Å². The number of carbonyl (C=O) groups is 3. The third-order valence-corrected chi connectivity index (χ3v) is 4.32. The van der Waals surface area contributed by atoms with Gasteiger partial charge < -0.3 is 20.2 Å². The molecule has 1 aliphatic rings. The molecule has 0 aliphatic carbocycles. The summed E-state index contributed by atoms with van der Waals surface area (Å²) in [5.74, 6) is -0.909. The standard InChI is InChI=1S/C16H20BrN3O4/c17-13-5-3-12(4-6-13)15(23)19-8-10-20(11-9-19)16(24)18-7-1-2-14(21)22/h3-6H,1-2,7-11H2,(H,18,24)(H,21,22). The van der Waals surface area contributed by atoms with Crippen LogP contribution in [0.3, 0.4) is 0 Å². The summed E-state index contributed by atoms with van der Waals surface area (Å²) >= 11 is 3.34. The first-order valence-corrected chi connectivity index (χ1v) is 8.56. The van der Waals surface area contributed by atoms with Gasteiger partial charge in [0.1, 0.15) is 0 Å². The molecule has 3 amide bonds. The van der Waals surface area contributed by atoms with Gasteiger partial charge in [0.2, 0.25) is 0 Å². The lowest BCUT2D eigenvalue weighted by Crippen LogP contribution is -2.53. The number of nitrogens with zero attached hydrogens (tertiary/aromatic N) is 2. The fourth-order valence-corrected chi connectivity index (χ4v) is 2.70. The summed E-state index contributed by atoms with van der Waals surface area (Å²) < 4.78 is 0.920. The molecule has 130 valence electrons. The zero-order valence-corrected chi connectivity index (χ0v) is 14.8. The number of carboxylic acid groups (broad SMARTS) is 1. The van der Waals surface area contributed by atoms with Crippen LogP contribution in [0.1, 0.15) is 23.2 Å². The van der Waals surface area contributed by atoms with Crippen molar-refractivity contribution >= 4 is 33.8 Å². The Balaban J connectivity index is 1.76. The highest BCUT2D eigenvalue weighted by Crippen LogP contribution is 2.13. The summed E-state index contributed by atoms with van der Waals surface area (Å²) in [5.41, 5.74) is 0.629. The van der Waals surface area contributed by atoms with Crippen molar-refractivity contribution in [2.75, 3.05) is 32.7 Å². The minimum absolute atomic E-state index is 0.0374. The molecule has 8 heteroatoms. The van der Waals surface area contributed by atoms with Gasteiger partial charge in [-0.3, -0.25) is 9.59 Å². The van der Waals surface area contributed by atoms with E-state index in [-0.39, 0.29) is 18.4 Å². The highest BCUT2D eigenvalue weighted by Gasteiger charge is 2.24. The Morgan fingerprint density at radius 3 is 2.21 bits per heavy atom. The molecule has 0 atom stereocenters. The van der Waals surface area contributed by atoms with Crippen molar-refractivity contribution in [2.45, 2.75) is 12.8 Å². The topological polar surface area (TPSA) is 89.9 Å². The average Bonchev–Trinajstić information content (AvgIpc) is 2.58. The first-order chi connectivity index (χ1) is 11.5. The normalized spacial score (nSPS) is 14.4. The first-order valence-electron chi connectivity index (χ1n) is 7.77. The summed E-state index contributed by atoms with van der Waals surface area (Å²) in [6.45, 7) is 2.23. The molecule has 1 aromatic rings. The zero-order valence-electron chi connectivity index (χ0n) is 13.2. The molecule has 0 unspecified atom stereocenters. The number of piperazine rings is 1. The minimum atomic E-state index is -0.871. The summed E-state index contributed by atoms with van der Waals surface area (Å²) in [5, 5.41) is 11.3. The molecule has 0 saturated carbocycles. The van der Waals surface area contributed by atoms with E-state index < -0.39 is 5.97 Å². The summed E-state index contributed by atoms with van der Waals surface area (Å²) in [7, 11) is 0. The summed E-state index contributed by atoms with van der Waals surface area (Å²) in [6, 6.07) is 6.99. The quantitative estimate of drug-likeness (QED) is 0.740. The zero-order chi connectivity index (χ0) is 17.5. The minimum Gasteiger partial charge on any atom is -0.481 e. The van der Waals surface area contributed by atoms with Crippen molar-refractivity contribution in [1.29, 1.82) is 0 Å². The molecule has 24 heavy (non-hydrogen) atoms. The van der Waals surface area contributed by atoms with Gasteiger partial charge in [-0.2, -0.15) is 0 Å². The number of amides is 3. The van der Waals surface area contributed by atoms with Gasteiger partial charge in [-0.15, -0.1) is 0 Å². The predicted molar refractivity (Wildman–Crippen MR) is 91.9 cm³/mol. The largest absolute Gasteiger partial charge is 0.481 e. The fourth-order valence-electron chi connectivity index (χ4n) is 2.43. The highest BCUT2D eigenvalue weighted by molar-refractivity contribution is 9.10. The van der Waals surface area contributed by atoms with Gasteiger partial charge in [-0.05, 0) is 30.7 Å². The lowest BCUT2D eigenvalue weighted by atomic mass is 10.2. The molecular formula is C16H20BrN3O4. The number of nitrogens with one attached hydrogen (secondary N) is 1.